The van der Waals surface area contributed by atoms with Crippen molar-refractivity contribution in [2.75, 3.05) is 31.5 Å². The van der Waals surface area contributed by atoms with Crippen molar-refractivity contribution >= 4 is 39.2 Å². The molecule has 1 aliphatic heterocycles. The molecule has 1 aliphatic carbocycles. The Morgan fingerprint density at radius 2 is 1.85 bits per heavy atom. The maximum Gasteiger partial charge on any atom is 0.317 e. The monoisotopic (exact) mass is 606 g/mol. The van der Waals surface area contributed by atoms with Gasteiger partial charge in [0.2, 0.25) is 0 Å². The van der Waals surface area contributed by atoms with Crippen LogP contribution in [0.3, 0.4) is 0 Å². The van der Waals surface area contributed by atoms with E-state index in [2.05, 4.69) is 10.0 Å². The first-order valence-corrected chi connectivity index (χ1v) is 15.9. The van der Waals surface area contributed by atoms with Gasteiger partial charge in [0, 0.05) is 36.3 Å². The SMILES string of the molecule is C[C@H](CO)N1C[C@H](C)[C@@H](CN(C)C(=O)NC2CCCCC2)Oc2ccc(NS(=O)(=O)c3ccc(Cl)cc3)cc2C1=O. The Morgan fingerprint density at radius 3 is 2.51 bits per heavy atom. The number of nitrogens with zero attached hydrogens (tertiary/aromatic N) is 2. The minimum Gasteiger partial charge on any atom is -0.487 e. The molecular weight excluding hydrogens is 568 g/mol. The van der Waals surface area contributed by atoms with E-state index in [0.717, 1.165) is 25.7 Å². The van der Waals surface area contributed by atoms with Crippen molar-refractivity contribution in [2.45, 2.75) is 69.0 Å². The van der Waals surface area contributed by atoms with Gasteiger partial charge in [-0.2, -0.15) is 0 Å². The summed E-state index contributed by atoms with van der Waals surface area (Å²) in [6, 6.07) is 9.79. The first kappa shape index (κ1) is 30.9. The highest BCUT2D eigenvalue weighted by atomic mass is 35.5. The zero-order valence-corrected chi connectivity index (χ0v) is 25.2. The molecule has 0 radical (unpaired) electrons. The molecule has 0 bridgehead atoms. The number of sulfonamides is 1. The third kappa shape index (κ3) is 7.64. The molecule has 1 saturated carbocycles. The number of ether oxygens (including phenoxy) is 1. The van der Waals surface area contributed by atoms with E-state index in [0.29, 0.717) is 5.02 Å². The fourth-order valence-corrected chi connectivity index (χ4v) is 6.39. The minimum absolute atomic E-state index is 0.0233. The largest absolute Gasteiger partial charge is 0.487 e. The fourth-order valence-electron chi connectivity index (χ4n) is 5.22. The second-order valence-electron chi connectivity index (χ2n) is 11.1. The molecule has 12 heteroatoms. The summed E-state index contributed by atoms with van der Waals surface area (Å²) < 4.78 is 34.8. The Hall–Kier alpha value is -3.02. The maximum absolute atomic E-state index is 13.7. The van der Waals surface area contributed by atoms with Gasteiger partial charge in [0.1, 0.15) is 11.9 Å². The van der Waals surface area contributed by atoms with Gasteiger partial charge in [-0.3, -0.25) is 9.52 Å². The Bertz CT molecular complexity index is 1330. The van der Waals surface area contributed by atoms with Crippen molar-refractivity contribution in [3.63, 3.8) is 0 Å². The van der Waals surface area contributed by atoms with Crippen molar-refractivity contribution in [2.24, 2.45) is 5.92 Å². The molecule has 224 valence electrons. The predicted molar refractivity (Wildman–Crippen MR) is 158 cm³/mol. The quantitative estimate of drug-likeness (QED) is 0.410. The van der Waals surface area contributed by atoms with Crippen LogP contribution in [0.1, 0.15) is 56.3 Å². The van der Waals surface area contributed by atoms with Gasteiger partial charge in [0.05, 0.1) is 29.7 Å². The Morgan fingerprint density at radius 1 is 1.17 bits per heavy atom. The first-order valence-electron chi connectivity index (χ1n) is 14.0. The summed E-state index contributed by atoms with van der Waals surface area (Å²) in [6.45, 7) is 4.01. The minimum atomic E-state index is -3.95. The first-order chi connectivity index (χ1) is 19.5. The number of urea groups is 1. The van der Waals surface area contributed by atoms with Crippen molar-refractivity contribution in [1.82, 2.24) is 15.1 Å². The average molecular weight is 607 g/mol. The molecule has 2 aromatic rings. The summed E-state index contributed by atoms with van der Waals surface area (Å²) in [5.74, 6) is -0.283. The van der Waals surface area contributed by atoms with Crippen LogP contribution in [0.15, 0.2) is 47.4 Å². The molecule has 3 N–H and O–H groups in total. The summed E-state index contributed by atoms with van der Waals surface area (Å²) in [5.41, 5.74) is 0.342. The van der Waals surface area contributed by atoms with Crippen molar-refractivity contribution in [3.05, 3.63) is 53.1 Å². The standard InChI is InChI=1S/C29H39ClN4O6S/c1-19-16-34(20(2)18-35)28(36)25-15-23(32-41(38,39)24-12-9-21(30)10-13-24)11-14-26(25)40-27(19)17-33(3)29(37)31-22-7-5-4-6-8-22/h9-15,19-20,22,27,32,35H,4-8,16-18H2,1-3H3,(H,31,37)/t19-,20+,27+/m0/s1. The van der Waals surface area contributed by atoms with Gasteiger partial charge in [-0.15, -0.1) is 0 Å². The number of halogens is 1. The molecule has 0 aromatic heterocycles. The van der Waals surface area contributed by atoms with Crippen LogP contribution in [-0.4, -0.2) is 80.2 Å². The molecule has 0 saturated heterocycles. The number of hydrogen-bond acceptors (Lipinski definition) is 6. The lowest BCUT2D eigenvalue weighted by Gasteiger charge is -2.38. The van der Waals surface area contributed by atoms with E-state index in [-0.39, 0.29) is 65.5 Å². The van der Waals surface area contributed by atoms with Crippen molar-refractivity contribution < 1.29 is 27.9 Å². The Balaban J connectivity index is 1.59. The highest BCUT2D eigenvalue weighted by molar-refractivity contribution is 7.92. The molecule has 1 fully saturated rings. The Labute approximate surface area is 247 Å². The van der Waals surface area contributed by atoms with E-state index in [1.807, 2.05) is 6.92 Å². The molecular formula is C29H39ClN4O6S. The number of fused-ring (bicyclic) bond motifs is 1. The molecule has 2 aromatic carbocycles. The van der Waals surface area contributed by atoms with Gasteiger partial charge in [-0.25, -0.2) is 13.2 Å². The maximum atomic E-state index is 13.7. The van der Waals surface area contributed by atoms with Crippen LogP contribution >= 0.6 is 11.6 Å². The van der Waals surface area contributed by atoms with Crippen LogP contribution in [0.25, 0.3) is 0 Å². The summed E-state index contributed by atoms with van der Waals surface area (Å²) >= 11 is 5.90. The van der Waals surface area contributed by atoms with E-state index >= 15 is 0 Å². The topological polar surface area (TPSA) is 128 Å². The Kier molecular flexibility index (Phi) is 10.0. The molecule has 3 amide bonds. The number of aliphatic hydroxyl groups excluding tert-OH is 1. The van der Waals surface area contributed by atoms with Crippen LogP contribution in [0.5, 0.6) is 5.75 Å². The zero-order valence-electron chi connectivity index (χ0n) is 23.7. The average Bonchev–Trinajstić information content (AvgIpc) is 2.95. The summed E-state index contributed by atoms with van der Waals surface area (Å²) in [6.07, 6.45) is 4.90. The number of benzene rings is 2. The fraction of sp³-hybridized carbons (Fsp3) is 0.517. The number of anilines is 1. The van der Waals surface area contributed by atoms with Crippen molar-refractivity contribution in [1.29, 1.82) is 0 Å². The molecule has 0 unspecified atom stereocenters. The number of rotatable bonds is 8. The summed E-state index contributed by atoms with van der Waals surface area (Å²) in [7, 11) is -2.22. The number of carbonyl (C=O) groups is 2. The van der Waals surface area contributed by atoms with Gasteiger partial charge >= 0.3 is 6.03 Å². The normalized spacial score (nSPS) is 20.7. The van der Waals surface area contributed by atoms with Crippen molar-refractivity contribution in [3.8, 4) is 5.75 Å². The molecule has 4 rings (SSSR count). The van der Waals surface area contributed by atoms with E-state index in [1.54, 1.807) is 29.8 Å². The smallest absolute Gasteiger partial charge is 0.317 e. The highest BCUT2D eigenvalue weighted by Gasteiger charge is 2.34. The summed E-state index contributed by atoms with van der Waals surface area (Å²) in [5, 5.41) is 13.4. The predicted octanol–water partition coefficient (Wildman–Crippen LogP) is 4.34. The van der Waals surface area contributed by atoms with E-state index in [1.165, 1.54) is 42.8 Å². The number of aliphatic hydroxyl groups is 1. The molecule has 1 heterocycles. The lowest BCUT2D eigenvalue weighted by atomic mass is 9.96. The van der Waals surface area contributed by atoms with E-state index < -0.39 is 22.2 Å². The zero-order chi connectivity index (χ0) is 29.7. The number of hydrogen-bond donors (Lipinski definition) is 3. The third-order valence-electron chi connectivity index (χ3n) is 7.77. The molecule has 10 nitrogen and oxygen atoms in total. The van der Waals surface area contributed by atoms with E-state index in [9.17, 15) is 23.1 Å². The van der Waals surface area contributed by atoms with E-state index in [4.69, 9.17) is 16.3 Å². The molecule has 3 atom stereocenters. The molecule has 2 aliphatic rings. The van der Waals surface area contributed by atoms with Crippen LogP contribution in [0, 0.1) is 5.92 Å². The van der Waals surface area contributed by atoms with Gasteiger partial charge in [0.15, 0.2) is 0 Å². The molecule has 0 spiro atoms. The second kappa shape index (κ2) is 13.3. The lowest BCUT2D eigenvalue weighted by Crippen LogP contribution is -2.52. The number of carbonyl (C=O) groups excluding carboxylic acids is 2. The third-order valence-corrected chi connectivity index (χ3v) is 9.42. The lowest BCUT2D eigenvalue weighted by molar-refractivity contribution is 0.0366. The molecule has 41 heavy (non-hydrogen) atoms. The van der Waals surface area contributed by atoms with Gasteiger partial charge in [0.25, 0.3) is 15.9 Å². The summed E-state index contributed by atoms with van der Waals surface area (Å²) in [4.78, 5) is 29.8. The second-order valence-corrected chi connectivity index (χ2v) is 13.2. The highest BCUT2D eigenvalue weighted by Crippen LogP contribution is 2.31. The van der Waals surface area contributed by atoms with Crippen LogP contribution in [-0.2, 0) is 10.0 Å². The van der Waals surface area contributed by atoms with Gasteiger partial charge < -0.3 is 25.0 Å². The van der Waals surface area contributed by atoms with Crippen LogP contribution < -0.4 is 14.8 Å². The van der Waals surface area contributed by atoms with Gasteiger partial charge in [-0.1, -0.05) is 37.8 Å². The van der Waals surface area contributed by atoms with Gasteiger partial charge in [-0.05, 0) is 62.2 Å². The number of nitrogens with one attached hydrogen (secondary N) is 2. The van der Waals surface area contributed by atoms with Crippen LogP contribution in [0.2, 0.25) is 5.02 Å². The van der Waals surface area contributed by atoms with Crippen LogP contribution in [0.4, 0.5) is 10.5 Å². The number of amides is 3. The number of likely N-dealkylation sites (N-methyl/N-ethyl adjacent to an activating group) is 1.